The van der Waals surface area contributed by atoms with Crippen LogP contribution in [0.1, 0.15) is 30.9 Å². The summed E-state index contributed by atoms with van der Waals surface area (Å²) in [7, 11) is 3.40. The molecule has 1 unspecified atom stereocenters. The van der Waals surface area contributed by atoms with E-state index in [1.54, 1.807) is 14.2 Å². The van der Waals surface area contributed by atoms with Crippen molar-refractivity contribution >= 4 is 0 Å². The second-order valence-electron chi connectivity index (χ2n) is 5.25. The van der Waals surface area contributed by atoms with E-state index in [0.717, 1.165) is 36.8 Å². The Bertz CT molecular complexity index is 411. The summed E-state index contributed by atoms with van der Waals surface area (Å²) in [4.78, 5) is 0. The SMILES string of the molecule is CCc1cc(OC)c(OC)cc1CC1CCCNC1. The molecule has 0 saturated carbocycles. The van der Waals surface area contributed by atoms with Crippen LogP contribution < -0.4 is 14.8 Å². The Kier molecular flexibility index (Phi) is 5.08. The number of aryl methyl sites for hydroxylation is 1. The van der Waals surface area contributed by atoms with Crippen molar-refractivity contribution in [1.82, 2.24) is 5.32 Å². The van der Waals surface area contributed by atoms with Gasteiger partial charge in [-0.1, -0.05) is 6.92 Å². The van der Waals surface area contributed by atoms with Gasteiger partial charge in [-0.25, -0.2) is 0 Å². The molecule has 0 aliphatic carbocycles. The van der Waals surface area contributed by atoms with E-state index >= 15 is 0 Å². The number of ether oxygens (including phenoxy) is 2. The molecule has 1 saturated heterocycles. The van der Waals surface area contributed by atoms with E-state index in [1.165, 1.54) is 30.5 Å². The van der Waals surface area contributed by atoms with Crippen LogP contribution in [0.3, 0.4) is 0 Å². The standard InChI is InChI=1S/C16H25NO2/c1-4-13-9-15(18-2)16(19-3)10-14(13)8-12-6-5-7-17-11-12/h9-10,12,17H,4-8,11H2,1-3H3. The molecule has 0 bridgehead atoms. The molecular formula is C16H25NO2. The molecule has 3 heteroatoms. The molecule has 3 nitrogen and oxygen atoms in total. The minimum absolute atomic E-state index is 0.747. The molecular weight excluding hydrogens is 238 g/mol. The van der Waals surface area contributed by atoms with Gasteiger partial charge in [0.25, 0.3) is 0 Å². The number of benzene rings is 1. The molecule has 1 aromatic carbocycles. The van der Waals surface area contributed by atoms with Crippen molar-refractivity contribution in [1.29, 1.82) is 0 Å². The van der Waals surface area contributed by atoms with Gasteiger partial charge in [-0.05, 0) is 68.0 Å². The Morgan fingerprint density at radius 3 is 2.37 bits per heavy atom. The molecule has 0 amide bonds. The number of nitrogens with one attached hydrogen (secondary N) is 1. The summed E-state index contributed by atoms with van der Waals surface area (Å²) in [6.45, 7) is 4.50. The van der Waals surface area contributed by atoms with Gasteiger partial charge in [-0.15, -0.1) is 0 Å². The third-order valence-corrected chi connectivity index (χ3v) is 3.99. The maximum Gasteiger partial charge on any atom is 0.161 e. The van der Waals surface area contributed by atoms with Gasteiger partial charge < -0.3 is 14.8 Å². The number of piperidine rings is 1. The van der Waals surface area contributed by atoms with E-state index in [-0.39, 0.29) is 0 Å². The van der Waals surface area contributed by atoms with Gasteiger partial charge in [-0.2, -0.15) is 0 Å². The van der Waals surface area contributed by atoms with Crippen LogP contribution in [-0.2, 0) is 12.8 Å². The van der Waals surface area contributed by atoms with Gasteiger partial charge in [-0.3, -0.25) is 0 Å². The molecule has 1 heterocycles. The van der Waals surface area contributed by atoms with E-state index in [0.29, 0.717) is 0 Å². The predicted octanol–water partition coefficient (Wildman–Crippen LogP) is 2.81. The lowest BCUT2D eigenvalue weighted by Crippen LogP contribution is -2.31. The molecule has 0 aromatic heterocycles. The largest absolute Gasteiger partial charge is 0.493 e. The highest BCUT2D eigenvalue weighted by Crippen LogP contribution is 2.32. The predicted molar refractivity (Wildman–Crippen MR) is 78.2 cm³/mol. The Morgan fingerprint density at radius 1 is 1.16 bits per heavy atom. The Balaban J connectivity index is 2.21. The third-order valence-electron chi connectivity index (χ3n) is 3.99. The highest BCUT2D eigenvalue weighted by Gasteiger charge is 2.17. The minimum atomic E-state index is 0.747. The normalized spacial score (nSPS) is 19.2. The molecule has 0 radical (unpaired) electrons. The molecule has 1 fully saturated rings. The van der Waals surface area contributed by atoms with Crippen molar-refractivity contribution < 1.29 is 9.47 Å². The fraction of sp³-hybridized carbons (Fsp3) is 0.625. The summed E-state index contributed by atoms with van der Waals surface area (Å²) < 4.78 is 10.8. The highest BCUT2D eigenvalue weighted by atomic mass is 16.5. The van der Waals surface area contributed by atoms with Crippen molar-refractivity contribution in [3.63, 3.8) is 0 Å². The van der Waals surface area contributed by atoms with Gasteiger partial charge >= 0.3 is 0 Å². The molecule has 1 aromatic rings. The minimum Gasteiger partial charge on any atom is -0.493 e. The Morgan fingerprint density at radius 2 is 1.84 bits per heavy atom. The zero-order valence-corrected chi connectivity index (χ0v) is 12.3. The lowest BCUT2D eigenvalue weighted by atomic mass is 9.89. The molecule has 1 N–H and O–H groups in total. The first-order valence-corrected chi connectivity index (χ1v) is 7.23. The van der Waals surface area contributed by atoms with Crippen LogP contribution in [0.15, 0.2) is 12.1 Å². The number of rotatable bonds is 5. The Labute approximate surface area is 116 Å². The van der Waals surface area contributed by atoms with E-state index in [1.807, 2.05) is 0 Å². The van der Waals surface area contributed by atoms with Crippen molar-refractivity contribution in [2.24, 2.45) is 5.92 Å². The van der Waals surface area contributed by atoms with Crippen LogP contribution in [0, 0.1) is 5.92 Å². The average molecular weight is 263 g/mol. The monoisotopic (exact) mass is 263 g/mol. The zero-order chi connectivity index (χ0) is 13.7. The first-order valence-electron chi connectivity index (χ1n) is 7.23. The van der Waals surface area contributed by atoms with E-state index in [4.69, 9.17) is 9.47 Å². The van der Waals surface area contributed by atoms with Gasteiger partial charge in [0.15, 0.2) is 11.5 Å². The maximum absolute atomic E-state index is 5.42. The quantitative estimate of drug-likeness (QED) is 0.886. The lowest BCUT2D eigenvalue weighted by Gasteiger charge is -2.24. The van der Waals surface area contributed by atoms with Crippen molar-refractivity contribution in [2.45, 2.75) is 32.6 Å². The van der Waals surface area contributed by atoms with Crippen molar-refractivity contribution in [2.75, 3.05) is 27.3 Å². The number of hydrogen-bond donors (Lipinski definition) is 1. The first kappa shape index (κ1) is 14.2. The van der Waals surface area contributed by atoms with E-state index in [2.05, 4.69) is 24.4 Å². The summed E-state index contributed by atoms with van der Waals surface area (Å²) in [5, 5.41) is 3.49. The number of hydrogen-bond acceptors (Lipinski definition) is 3. The molecule has 1 aliphatic heterocycles. The maximum atomic E-state index is 5.42. The summed E-state index contributed by atoms with van der Waals surface area (Å²) in [6, 6.07) is 4.29. The summed E-state index contributed by atoms with van der Waals surface area (Å²) >= 11 is 0. The zero-order valence-electron chi connectivity index (χ0n) is 12.3. The fourth-order valence-corrected chi connectivity index (χ4v) is 2.89. The van der Waals surface area contributed by atoms with Crippen molar-refractivity contribution in [3.8, 4) is 11.5 Å². The van der Waals surface area contributed by atoms with Crippen LogP contribution in [0.25, 0.3) is 0 Å². The summed E-state index contributed by atoms with van der Waals surface area (Å²) in [5.41, 5.74) is 2.79. The van der Waals surface area contributed by atoms with Crippen molar-refractivity contribution in [3.05, 3.63) is 23.3 Å². The highest BCUT2D eigenvalue weighted by molar-refractivity contribution is 5.47. The fourth-order valence-electron chi connectivity index (χ4n) is 2.89. The van der Waals surface area contributed by atoms with Crippen LogP contribution >= 0.6 is 0 Å². The number of methoxy groups -OCH3 is 2. The van der Waals surface area contributed by atoms with Crippen LogP contribution in [0.4, 0.5) is 0 Å². The van der Waals surface area contributed by atoms with Gasteiger partial charge in [0.1, 0.15) is 0 Å². The first-order chi connectivity index (χ1) is 9.28. The molecule has 19 heavy (non-hydrogen) atoms. The van der Waals surface area contributed by atoms with Gasteiger partial charge in [0.05, 0.1) is 14.2 Å². The second kappa shape index (κ2) is 6.80. The smallest absolute Gasteiger partial charge is 0.161 e. The Hall–Kier alpha value is -1.22. The third kappa shape index (κ3) is 3.41. The second-order valence-corrected chi connectivity index (χ2v) is 5.25. The molecule has 2 rings (SSSR count). The summed E-state index contributed by atoms with van der Waals surface area (Å²) in [5.74, 6) is 2.43. The van der Waals surface area contributed by atoms with E-state index in [9.17, 15) is 0 Å². The van der Waals surface area contributed by atoms with Gasteiger partial charge in [0, 0.05) is 0 Å². The van der Waals surface area contributed by atoms with Gasteiger partial charge in [0.2, 0.25) is 0 Å². The van der Waals surface area contributed by atoms with Crippen LogP contribution in [-0.4, -0.2) is 27.3 Å². The molecule has 0 spiro atoms. The van der Waals surface area contributed by atoms with Crippen LogP contribution in [0.5, 0.6) is 11.5 Å². The topological polar surface area (TPSA) is 30.5 Å². The van der Waals surface area contributed by atoms with E-state index < -0.39 is 0 Å². The lowest BCUT2D eigenvalue weighted by molar-refractivity contribution is 0.351. The molecule has 106 valence electrons. The average Bonchev–Trinajstić information content (AvgIpc) is 2.47. The molecule has 1 aliphatic rings. The molecule has 1 atom stereocenters. The summed E-state index contributed by atoms with van der Waals surface area (Å²) in [6.07, 6.45) is 4.79. The van der Waals surface area contributed by atoms with Crippen LogP contribution in [0.2, 0.25) is 0 Å².